The molecule has 2 rings (SSSR count). The molecule has 2 nitrogen and oxygen atoms in total. The molecule has 0 aromatic heterocycles. The molecule has 0 bridgehead atoms. The number of nitrogens with one attached hydrogen (secondary N) is 1. The third-order valence-electron chi connectivity index (χ3n) is 4.23. The smallest absolute Gasteiger partial charge is 0.223 e. The molecule has 1 amide bonds. The Morgan fingerprint density at radius 1 is 0.882 bits per heavy atom. The summed E-state index contributed by atoms with van der Waals surface area (Å²) in [7, 11) is 0. The van der Waals surface area contributed by atoms with Gasteiger partial charge in [0.05, 0.1) is 0 Å². The van der Waals surface area contributed by atoms with Crippen LogP contribution in [-0.4, -0.2) is 16.8 Å². The molecule has 2 aliphatic carbocycles. The van der Waals surface area contributed by atoms with E-state index in [1.165, 1.54) is 38.5 Å². The Hall–Kier alpha value is -0.0500. The fourth-order valence-electron chi connectivity index (χ4n) is 3.06. The van der Waals surface area contributed by atoms with E-state index < -0.39 is 0 Å². The summed E-state index contributed by atoms with van der Waals surface area (Å²) in [6.45, 7) is 0. The molecule has 2 aliphatic rings. The van der Waals surface area contributed by atoms with E-state index in [1.807, 2.05) is 0 Å². The van der Waals surface area contributed by atoms with Gasteiger partial charge < -0.3 is 5.32 Å². The Morgan fingerprint density at radius 3 is 2.06 bits per heavy atom. The molecule has 0 spiro atoms. The monoisotopic (exact) mass is 301 g/mol. The molecule has 0 radical (unpaired) electrons. The molecule has 1 N–H and O–H groups in total. The van der Waals surface area contributed by atoms with Gasteiger partial charge >= 0.3 is 0 Å². The van der Waals surface area contributed by atoms with Crippen LogP contribution in [0, 0.1) is 5.92 Å². The van der Waals surface area contributed by atoms with Crippen molar-refractivity contribution >= 4 is 21.8 Å². The van der Waals surface area contributed by atoms with Gasteiger partial charge in [0, 0.05) is 16.8 Å². The average molecular weight is 302 g/mol. The van der Waals surface area contributed by atoms with Crippen LogP contribution in [0.25, 0.3) is 0 Å². The molecule has 98 valence electrons. The summed E-state index contributed by atoms with van der Waals surface area (Å²) >= 11 is 3.66. The maximum atomic E-state index is 12.2. The van der Waals surface area contributed by atoms with E-state index in [1.54, 1.807) is 0 Å². The van der Waals surface area contributed by atoms with Crippen LogP contribution in [0.3, 0.4) is 0 Å². The lowest BCUT2D eigenvalue weighted by Crippen LogP contribution is -2.41. The van der Waals surface area contributed by atoms with Gasteiger partial charge in [-0.3, -0.25) is 4.79 Å². The highest BCUT2D eigenvalue weighted by atomic mass is 79.9. The van der Waals surface area contributed by atoms with Crippen molar-refractivity contribution in [2.24, 2.45) is 5.92 Å². The van der Waals surface area contributed by atoms with Gasteiger partial charge in [0.15, 0.2) is 0 Å². The van der Waals surface area contributed by atoms with Gasteiger partial charge in [0.25, 0.3) is 0 Å². The standard InChI is InChI=1S/C14H24BrNO/c15-12-7-9-13(10-8-12)16-14(17)11-5-3-1-2-4-6-11/h11-13H,1-10H2,(H,16,17). The molecule has 17 heavy (non-hydrogen) atoms. The topological polar surface area (TPSA) is 29.1 Å². The molecule has 0 saturated heterocycles. The minimum Gasteiger partial charge on any atom is -0.353 e. The minimum absolute atomic E-state index is 0.305. The molecule has 0 unspecified atom stereocenters. The van der Waals surface area contributed by atoms with E-state index in [0.717, 1.165) is 25.7 Å². The Kier molecular flexibility index (Phi) is 5.33. The fourth-order valence-corrected chi connectivity index (χ4v) is 3.59. The van der Waals surface area contributed by atoms with Gasteiger partial charge in [0.2, 0.25) is 5.91 Å². The average Bonchev–Trinajstić information content (AvgIpc) is 2.61. The van der Waals surface area contributed by atoms with Crippen LogP contribution < -0.4 is 5.32 Å². The van der Waals surface area contributed by atoms with Crippen molar-refractivity contribution in [3.63, 3.8) is 0 Å². The summed E-state index contributed by atoms with van der Waals surface area (Å²) in [6, 6.07) is 0.444. The van der Waals surface area contributed by atoms with E-state index in [0.29, 0.717) is 22.7 Å². The Bertz CT molecular complexity index is 241. The summed E-state index contributed by atoms with van der Waals surface area (Å²) in [6.07, 6.45) is 12.0. The zero-order chi connectivity index (χ0) is 12.1. The number of hydrogen-bond acceptors (Lipinski definition) is 1. The molecule has 2 saturated carbocycles. The van der Waals surface area contributed by atoms with Crippen LogP contribution in [0.2, 0.25) is 0 Å². The molecule has 0 aliphatic heterocycles. The van der Waals surface area contributed by atoms with E-state index in [-0.39, 0.29) is 0 Å². The van der Waals surface area contributed by atoms with Crippen LogP contribution in [0.4, 0.5) is 0 Å². The summed E-state index contributed by atoms with van der Waals surface area (Å²) in [5.74, 6) is 0.643. The number of rotatable bonds is 2. The second kappa shape index (κ2) is 6.77. The minimum atomic E-state index is 0.305. The number of carbonyl (C=O) groups excluding carboxylic acids is 1. The first-order valence-corrected chi connectivity index (χ1v) is 8.11. The Labute approximate surface area is 113 Å². The van der Waals surface area contributed by atoms with Gasteiger partial charge in [-0.25, -0.2) is 0 Å². The lowest BCUT2D eigenvalue weighted by atomic mass is 9.93. The highest BCUT2D eigenvalue weighted by Crippen LogP contribution is 2.26. The molecular formula is C14H24BrNO. The van der Waals surface area contributed by atoms with E-state index in [4.69, 9.17) is 0 Å². The number of carbonyl (C=O) groups is 1. The quantitative estimate of drug-likeness (QED) is 0.610. The lowest BCUT2D eigenvalue weighted by Gasteiger charge is -2.27. The third-order valence-corrected chi connectivity index (χ3v) is 5.14. The van der Waals surface area contributed by atoms with Crippen molar-refractivity contribution in [1.29, 1.82) is 0 Å². The highest BCUT2D eigenvalue weighted by Gasteiger charge is 2.25. The number of hydrogen-bond donors (Lipinski definition) is 1. The SMILES string of the molecule is O=C(NC1CCC(Br)CC1)C1CCCCCC1. The van der Waals surface area contributed by atoms with Crippen molar-refractivity contribution in [3.05, 3.63) is 0 Å². The maximum absolute atomic E-state index is 12.2. The number of amides is 1. The summed E-state index contributed by atoms with van der Waals surface area (Å²) in [5, 5.41) is 3.28. The van der Waals surface area contributed by atoms with Crippen LogP contribution in [0.1, 0.15) is 64.2 Å². The van der Waals surface area contributed by atoms with Crippen LogP contribution in [-0.2, 0) is 4.79 Å². The third kappa shape index (κ3) is 4.27. The second-order valence-corrected chi connectivity index (χ2v) is 6.94. The molecule has 0 aromatic carbocycles. The van der Waals surface area contributed by atoms with Gasteiger partial charge in [-0.05, 0) is 38.5 Å². The van der Waals surface area contributed by atoms with Crippen molar-refractivity contribution in [3.8, 4) is 0 Å². The first kappa shape index (κ1) is 13.4. The van der Waals surface area contributed by atoms with E-state index in [9.17, 15) is 4.79 Å². The van der Waals surface area contributed by atoms with Gasteiger partial charge in [0.1, 0.15) is 0 Å². The summed E-state index contributed by atoms with van der Waals surface area (Å²) in [5.41, 5.74) is 0. The fraction of sp³-hybridized carbons (Fsp3) is 0.929. The number of halogens is 1. The van der Waals surface area contributed by atoms with Crippen molar-refractivity contribution in [2.45, 2.75) is 75.1 Å². The predicted octanol–water partition coefficient (Wildman–Crippen LogP) is 3.78. The summed E-state index contributed by atoms with van der Waals surface area (Å²) < 4.78 is 0. The zero-order valence-electron chi connectivity index (χ0n) is 10.6. The van der Waals surface area contributed by atoms with Crippen LogP contribution in [0.5, 0.6) is 0 Å². The molecule has 0 aromatic rings. The van der Waals surface area contributed by atoms with E-state index >= 15 is 0 Å². The lowest BCUT2D eigenvalue weighted by molar-refractivity contribution is -0.126. The van der Waals surface area contributed by atoms with E-state index in [2.05, 4.69) is 21.2 Å². The van der Waals surface area contributed by atoms with Crippen molar-refractivity contribution < 1.29 is 4.79 Å². The second-order valence-electron chi connectivity index (χ2n) is 5.65. The first-order chi connectivity index (χ1) is 8.25. The van der Waals surface area contributed by atoms with Crippen LogP contribution in [0.15, 0.2) is 0 Å². The number of alkyl halides is 1. The summed E-state index contributed by atoms with van der Waals surface area (Å²) in [4.78, 5) is 12.9. The maximum Gasteiger partial charge on any atom is 0.223 e. The molecular weight excluding hydrogens is 278 g/mol. The molecule has 3 heteroatoms. The van der Waals surface area contributed by atoms with Gasteiger partial charge in [-0.2, -0.15) is 0 Å². The van der Waals surface area contributed by atoms with Crippen molar-refractivity contribution in [2.75, 3.05) is 0 Å². The van der Waals surface area contributed by atoms with Crippen molar-refractivity contribution in [1.82, 2.24) is 5.32 Å². The Balaban J connectivity index is 1.75. The normalized spacial score (nSPS) is 31.8. The van der Waals surface area contributed by atoms with Crippen LogP contribution >= 0.6 is 15.9 Å². The largest absolute Gasteiger partial charge is 0.353 e. The zero-order valence-corrected chi connectivity index (χ0v) is 12.2. The van der Waals surface area contributed by atoms with Gasteiger partial charge in [-0.15, -0.1) is 0 Å². The van der Waals surface area contributed by atoms with Gasteiger partial charge in [-0.1, -0.05) is 41.6 Å². The Morgan fingerprint density at radius 2 is 1.47 bits per heavy atom. The predicted molar refractivity (Wildman–Crippen MR) is 74.3 cm³/mol. The molecule has 2 fully saturated rings. The first-order valence-electron chi connectivity index (χ1n) is 7.20. The molecule has 0 atom stereocenters. The molecule has 0 heterocycles. The highest BCUT2D eigenvalue weighted by molar-refractivity contribution is 9.09.